The number of benzene rings is 1. The summed E-state index contributed by atoms with van der Waals surface area (Å²) in [5, 5.41) is 4.03. The molecule has 3 heterocycles. The molecule has 2 aliphatic rings. The zero-order valence-electron chi connectivity index (χ0n) is 19.1. The number of hydrogen-bond acceptors (Lipinski definition) is 6. The van der Waals surface area contributed by atoms with Crippen molar-refractivity contribution in [2.45, 2.75) is 39.2 Å². The molecule has 2 saturated heterocycles. The second-order valence-corrected chi connectivity index (χ2v) is 9.44. The molecule has 0 N–H and O–H groups in total. The van der Waals surface area contributed by atoms with Gasteiger partial charge in [-0.25, -0.2) is 0 Å². The molecule has 33 heavy (non-hydrogen) atoms. The summed E-state index contributed by atoms with van der Waals surface area (Å²) < 4.78 is 17.9. The minimum atomic E-state index is -0.164. The van der Waals surface area contributed by atoms with Crippen LogP contribution in [0.15, 0.2) is 33.3 Å². The lowest BCUT2D eigenvalue weighted by atomic mass is 9.90. The molecule has 0 aliphatic carbocycles. The van der Waals surface area contributed by atoms with Crippen LogP contribution in [0.25, 0.3) is 0 Å². The number of rotatable bonds is 6. The van der Waals surface area contributed by atoms with Crippen molar-refractivity contribution in [1.29, 1.82) is 0 Å². The summed E-state index contributed by atoms with van der Waals surface area (Å²) in [5.41, 5.74) is 1.22. The van der Waals surface area contributed by atoms with Gasteiger partial charge < -0.3 is 23.8 Å². The molecule has 8 nitrogen and oxygen atoms in total. The van der Waals surface area contributed by atoms with E-state index in [1.165, 1.54) is 0 Å². The van der Waals surface area contributed by atoms with Gasteiger partial charge in [-0.3, -0.25) is 9.59 Å². The Balaban J connectivity index is 1.52. The monoisotopic (exact) mass is 519 g/mol. The Bertz CT molecular complexity index is 988. The largest absolute Gasteiger partial charge is 0.490 e. The second kappa shape index (κ2) is 10.7. The molecule has 2 aliphatic heterocycles. The van der Waals surface area contributed by atoms with Crippen LogP contribution >= 0.6 is 15.9 Å². The highest BCUT2D eigenvalue weighted by atomic mass is 79.9. The number of hydrogen-bond donors (Lipinski definition) is 0. The third-order valence-corrected chi connectivity index (χ3v) is 6.81. The van der Waals surface area contributed by atoms with E-state index >= 15 is 0 Å². The van der Waals surface area contributed by atoms with Gasteiger partial charge in [0.1, 0.15) is 23.2 Å². The van der Waals surface area contributed by atoms with E-state index in [4.69, 9.17) is 14.0 Å². The van der Waals surface area contributed by atoms with Gasteiger partial charge in [-0.2, -0.15) is 0 Å². The maximum atomic E-state index is 13.4. The van der Waals surface area contributed by atoms with Crippen molar-refractivity contribution in [3.05, 3.63) is 45.8 Å². The molecule has 4 rings (SSSR count). The Hall–Kier alpha value is -2.39. The van der Waals surface area contributed by atoms with Crippen molar-refractivity contribution in [2.24, 2.45) is 5.92 Å². The van der Waals surface area contributed by atoms with Crippen LogP contribution in [0.5, 0.6) is 5.75 Å². The van der Waals surface area contributed by atoms with E-state index in [-0.39, 0.29) is 23.8 Å². The van der Waals surface area contributed by atoms with Crippen molar-refractivity contribution in [1.82, 2.24) is 15.0 Å². The van der Waals surface area contributed by atoms with Crippen molar-refractivity contribution in [3.8, 4) is 5.75 Å². The lowest BCUT2D eigenvalue weighted by molar-refractivity contribution is -0.137. The number of likely N-dealkylation sites (tertiary alicyclic amines) is 1. The number of carbonyl (C=O) groups is 2. The molecule has 178 valence electrons. The van der Waals surface area contributed by atoms with Crippen LogP contribution in [0.3, 0.4) is 0 Å². The van der Waals surface area contributed by atoms with E-state index in [1.807, 2.05) is 41.0 Å². The number of piperidine rings is 1. The fourth-order valence-corrected chi connectivity index (χ4v) is 4.90. The predicted octanol–water partition coefficient (Wildman–Crippen LogP) is 3.47. The van der Waals surface area contributed by atoms with Gasteiger partial charge in [0.15, 0.2) is 0 Å². The van der Waals surface area contributed by atoms with Crippen molar-refractivity contribution < 1.29 is 23.6 Å². The first-order chi connectivity index (χ1) is 16.0. The van der Waals surface area contributed by atoms with Crippen LogP contribution < -0.4 is 4.74 Å². The molecular formula is C24H30BrN3O5. The minimum Gasteiger partial charge on any atom is -0.490 e. The predicted molar refractivity (Wildman–Crippen MR) is 125 cm³/mol. The third kappa shape index (κ3) is 5.58. The van der Waals surface area contributed by atoms with Crippen molar-refractivity contribution in [3.63, 3.8) is 0 Å². The SMILES string of the molecule is CCc1noc(C)c1C(=O)N1CC[C@H](Oc2cccc(Br)c2)[C@@H](CC(=O)N2CCOCC2)C1. The number of carbonyl (C=O) groups excluding carboxylic acids is 2. The van der Waals surface area contributed by atoms with Gasteiger partial charge in [-0.15, -0.1) is 0 Å². The van der Waals surface area contributed by atoms with Gasteiger partial charge in [0.25, 0.3) is 5.91 Å². The molecule has 0 bridgehead atoms. The Morgan fingerprint density at radius 3 is 2.73 bits per heavy atom. The minimum absolute atomic E-state index is 0.0795. The second-order valence-electron chi connectivity index (χ2n) is 8.52. The normalized spacial score (nSPS) is 21.2. The summed E-state index contributed by atoms with van der Waals surface area (Å²) in [4.78, 5) is 30.1. The topological polar surface area (TPSA) is 85.1 Å². The summed E-state index contributed by atoms with van der Waals surface area (Å²) in [5.74, 6) is 1.15. The lowest BCUT2D eigenvalue weighted by Gasteiger charge is -2.39. The zero-order chi connectivity index (χ0) is 23.4. The molecule has 2 aromatic rings. The van der Waals surface area contributed by atoms with Gasteiger partial charge in [0, 0.05) is 49.4 Å². The van der Waals surface area contributed by atoms with Crippen LogP contribution in [0.1, 0.15) is 41.6 Å². The smallest absolute Gasteiger partial charge is 0.259 e. The van der Waals surface area contributed by atoms with Crippen LogP contribution in [-0.2, 0) is 16.0 Å². The van der Waals surface area contributed by atoms with E-state index in [0.717, 1.165) is 10.2 Å². The molecule has 1 aromatic heterocycles. The Morgan fingerprint density at radius 2 is 2.00 bits per heavy atom. The summed E-state index contributed by atoms with van der Waals surface area (Å²) >= 11 is 3.49. The summed E-state index contributed by atoms with van der Waals surface area (Å²) in [6, 6.07) is 7.71. The molecule has 0 unspecified atom stereocenters. The van der Waals surface area contributed by atoms with Crippen molar-refractivity contribution >= 4 is 27.7 Å². The molecule has 1 aromatic carbocycles. The van der Waals surface area contributed by atoms with Crippen molar-refractivity contribution in [2.75, 3.05) is 39.4 Å². The number of halogens is 1. The van der Waals surface area contributed by atoms with E-state index < -0.39 is 0 Å². The fraction of sp³-hybridized carbons (Fsp3) is 0.542. The Labute approximate surface area is 202 Å². The lowest BCUT2D eigenvalue weighted by Crippen LogP contribution is -2.50. The summed E-state index contributed by atoms with van der Waals surface area (Å²) in [6.07, 6.45) is 1.43. The average molecular weight is 520 g/mol. The first-order valence-corrected chi connectivity index (χ1v) is 12.3. The van der Waals surface area contributed by atoms with Gasteiger partial charge in [-0.1, -0.05) is 34.1 Å². The Morgan fingerprint density at radius 1 is 1.21 bits per heavy atom. The molecule has 0 spiro atoms. The number of aromatic nitrogens is 1. The van der Waals surface area contributed by atoms with Gasteiger partial charge >= 0.3 is 0 Å². The van der Waals surface area contributed by atoms with Crippen LogP contribution in [0.4, 0.5) is 0 Å². The van der Waals surface area contributed by atoms with Crippen LogP contribution in [0, 0.1) is 12.8 Å². The van der Waals surface area contributed by atoms with E-state index in [2.05, 4.69) is 21.1 Å². The van der Waals surface area contributed by atoms with E-state index in [9.17, 15) is 9.59 Å². The molecule has 0 radical (unpaired) electrons. The number of amides is 2. The quantitative estimate of drug-likeness (QED) is 0.580. The van der Waals surface area contributed by atoms with Crippen LogP contribution in [-0.4, -0.2) is 72.3 Å². The van der Waals surface area contributed by atoms with E-state index in [0.29, 0.717) is 75.7 Å². The molecule has 0 saturated carbocycles. The number of nitrogens with zero attached hydrogens (tertiary/aromatic N) is 3. The fourth-order valence-electron chi connectivity index (χ4n) is 4.52. The Kier molecular flexibility index (Phi) is 7.70. The molecule has 2 fully saturated rings. The highest BCUT2D eigenvalue weighted by Crippen LogP contribution is 2.29. The van der Waals surface area contributed by atoms with E-state index in [1.54, 1.807) is 6.92 Å². The summed E-state index contributed by atoms with van der Waals surface area (Å²) in [6.45, 7) is 7.04. The van der Waals surface area contributed by atoms with Gasteiger partial charge in [-0.05, 0) is 31.5 Å². The number of morpholine rings is 1. The average Bonchev–Trinajstić information content (AvgIpc) is 3.20. The maximum Gasteiger partial charge on any atom is 0.259 e. The number of ether oxygens (including phenoxy) is 2. The highest BCUT2D eigenvalue weighted by Gasteiger charge is 2.37. The van der Waals surface area contributed by atoms with Gasteiger partial charge in [0.2, 0.25) is 5.91 Å². The standard InChI is InChI=1S/C24H30BrN3O5/c1-3-20-23(16(2)33-26-20)24(30)28-8-7-21(32-19-6-4-5-18(25)14-19)17(15-28)13-22(29)27-9-11-31-12-10-27/h4-6,14,17,21H,3,7-13,15H2,1-2H3/t17-,21-/m0/s1. The van der Waals surface area contributed by atoms with Gasteiger partial charge in [0.05, 0.1) is 18.9 Å². The molecule has 2 atom stereocenters. The molecule has 9 heteroatoms. The summed E-state index contributed by atoms with van der Waals surface area (Å²) in [7, 11) is 0. The maximum absolute atomic E-state index is 13.4. The molecule has 2 amide bonds. The highest BCUT2D eigenvalue weighted by molar-refractivity contribution is 9.10. The first kappa shape index (κ1) is 23.8. The number of aryl methyl sites for hydroxylation is 2. The van der Waals surface area contributed by atoms with Crippen LogP contribution in [0.2, 0.25) is 0 Å². The zero-order valence-corrected chi connectivity index (χ0v) is 20.7. The first-order valence-electron chi connectivity index (χ1n) is 11.5. The third-order valence-electron chi connectivity index (χ3n) is 6.32. The molecular weight excluding hydrogens is 490 g/mol.